The monoisotopic (exact) mass is 435 g/mol. The molecule has 0 bridgehead atoms. The molecule has 2 aromatic heterocycles. The predicted octanol–water partition coefficient (Wildman–Crippen LogP) is 1.95. The first kappa shape index (κ1) is 21.8. The van der Waals surface area contributed by atoms with E-state index in [-0.39, 0.29) is 0 Å². The van der Waals surface area contributed by atoms with Crippen LogP contribution in [0.15, 0.2) is 64.2 Å². The summed E-state index contributed by atoms with van der Waals surface area (Å²) in [7, 11) is 1.82. The van der Waals surface area contributed by atoms with Crippen LogP contribution in [0.5, 0.6) is 5.75 Å². The van der Waals surface area contributed by atoms with Crippen molar-refractivity contribution >= 4 is 5.96 Å². The van der Waals surface area contributed by atoms with Gasteiger partial charge in [0.05, 0.1) is 0 Å². The molecule has 0 radical (unpaired) electrons. The lowest BCUT2D eigenvalue weighted by Crippen LogP contribution is -2.53. The highest BCUT2D eigenvalue weighted by Gasteiger charge is 2.19. The molecule has 0 aliphatic carbocycles. The van der Waals surface area contributed by atoms with E-state index in [1.807, 2.05) is 55.6 Å². The third-order valence-corrected chi connectivity index (χ3v) is 5.29. The van der Waals surface area contributed by atoms with Crippen molar-refractivity contribution in [2.45, 2.75) is 6.42 Å². The Hall–Kier alpha value is -3.46. The van der Waals surface area contributed by atoms with Crippen LogP contribution in [0.4, 0.5) is 0 Å². The van der Waals surface area contributed by atoms with Crippen molar-refractivity contribution in [1.82, 2.24) is 30.2 Å². The van der Waals surface area contributed by atoms with Crippen molar-refractivity contribution in [3.05, 3.63) is 60.6 Å². The number of piperazine rings is 1. The molecule has 3 aromatic rings. The third-order valence-electron chi connectivity index (χ3n) is 5.29. The Morgan fingerprint density at radius 3 is 2.66 bits per heavy atom. The number of nitrogens with zero attached hydrogens (tertiary/aromatic N) is 6. The van der Waals surface area contributed by atoms with E-state index < -0.39 is 0 Å². The number of guanidine groups is 1. The van der Waals surface area contributed by atoms with Gasteiger partial charge in [0.15, 0.2) is 11.8 Å². The highest BCUT2D eigenvalue weighted by atomic mass is 16.5. The van der Waals surface area contributed by atoms with E-state index in [0.29, 0.717) is 37.0 Å². The van der Waals surface area contributed by atoms with E-state index >= 15 is 0 Å². The Morgan fingerprint density at radius 1 is 1.09 bits per heavy atom. The van der Waals surface area contributed by atoms with Gasteiger partial charge in [-0.1, -0.05) is 29.4 Å². The van der Waals surface area contributed by atoms with Gasteiger partial charge in [0.1, 0.15) is 18.1 Å². The highest BCUT2D eigenvalue weighted by Crippen LogP contribution is 2.13. The molecule has 9 nitrogen and oxygen atoms in total. The fourth-order valence-corrected chi connectivity index (χ4v) is 3.56. The summed E-state index contributed by atoms with van der Waals surface area (Å²) in [5, 5.41) is 7.46. The van der Waals surface area contributed by atoms with Gasteiger partial charge in [-0.2, -0.15) is 4.98 Å². The quantitative estimate of drug-likeness (QED) is 0.424. The van der Waals surface area contributed by atoms with Crippen LogP contribution in [0.25, 0.3) is 11.6 Å². The van der Waals surface area contributed by atoms with Crippen LogP contribution in [0.3, 0.4) is 0 Å². The summed E-state index contributed by atoms with van der Waals surface area (Å²) in [6, 6.07) is 15.6. The van der Waals surface area contributed by atoms with Crippen LogP contribution in [-0.4, -0.2) is 83.8 Å². The van der Waals surface area contributed by atoms with Gasteiger partial charge in [-0.05, 0) is 24.3 Å². The second kappa shape index (κ2) is 11.2. The van der Waals surface area contributed by atoms with Crippen LogP contribution in [0, 0.1) is 0 Å². The Kier molecular flexibility index (Phi) is 7.64. The largest absolute Gasteiger partial charge is 0.492 e. The zero-order valence-corrected chi connectivity index (χ0v) is 18.4. The van der Waals surface area contributed by atoms with Gasteiger partial charge in [-0.3, -0.25) is 14.9 Å². The van der Waals surface area contributed by atoms with E-state index in [1.165, 1.54) is 0 Å². The number of aliphatic imine (C=N–C) groups is 1. The molecule has 0 saturated carbocycles. The second-order valence-corrected chi connectivity index (χ2v) is 7.44. The van der Waals surface area contributed by atoms with Gasteiger partial charge in [0, 0.05) is 58.9 Å². The van der Waals surface area contributed by atoms with Gasteiger partial charge in [0.2, 0.25) is 0 Å². The fraction of sp³-hybridized carbons (Fsp3) is 0.391. The third kappa shape index (κ3) is 6.04. The molecular weight excluding hydrogens is 406 g/mol. The lowest BCUT2D eigenvalue weighted by Gasteiger charge is -2.36. The Balaban J connectivity index is 1.16. The van der Waals surface area contributed by atoms with Gasteiger partial charge in [-0.15, -0.1) is 0 Å². The summed E-state index contributed by atoms with van der Waals surface area (Å²) in [5.41, 5.74) is 0.682. The molecule has 3 heterocycles. The summed E-state index contributed by atoms with van der Waals surface area (Å²) < 4.78 is 11.1. The lowest BCUT2D eigenvalue weighted by atomic mass is 10.3. The lowest BCUT2D eigenvalue weighted by molar-refractivity contribution is 0.152. The van der Waals surface area contributed by atoms with Crippen LogP contribution in [-0.2, 0) is 6.42 Å². The average Bonchev–Trinajstić information content (AvgIpc) is 3.33. The molecule has 168 valence electrons. The minimum absolute atomic E-state index is 0.442. The Morgan fingerprint density at radius 2 is 1.91 bits per heavy atom. The molecule has 9 heteroatoms. The van der Waals surface area contributed by atoms with Gasteiger partial charge in [0.25, 0.3) is 5.89 Å². The topological polar surface area (TPSA) is 91.9 Å². The van der Waals surface area contributed by atoms with Gasteiger partial charge >= 0.3 is 0 Å². The average molecular weight is 436 g/mol. The summed E-state index contributed by atoms with van der Waals surface area (Å²) in [6.07, 6.45) is 2.35. The minimum Gasteiger partial charge on any atom is -0.492 e. The number of hydrogen-bond donors (Lipinski definition) is 1. The van der Waals surface area contributed by atoms with Gasteiger partial charge < -0.3 is 19.5 Å². The molecule has 1 aromatic carbocycles. The molecule has 1 aliphatic rings. The number of aromatic nitrogens is 3. The van der Waals surface area contributed by atoms with Gasteiger partial charge in [-0.25, -0.2) is 0 Å². The molecule has 0 atom stereocenters. The van der Waals surface area contributed by atoms with E-state index in [1.54, 1.807) is 6.20 Å². The first-order valence-electron chi connectivity index (χ1n) is 10.9. The van der Waals surface area contributed by atoms with E-state index in [4.69, 9.17) is 9.26 Å². The number of para-hydroxylation sites is 1. The highest BCUT2D eigenvalue weighted by molar-refractivity contribution is 5.80. The molecule has 32 heavy (non-hydrogen) atoms. The summed E-state index contributed by atoms with van der Waals surface area (Å²) in [4.78, 5) is 17.8. The van der Waals surface area contributed by atoms with Crippen molar-refractivity contribution in [1.29, 1.82) is 0 Å². The molecular formula is C23H29N7O2. The SMILES string of the molecule is CN=C(NCCc1noc(-c2ccccn2)n1)N1CCN(CCOc2ccccc2)CC1. The van der Waals surface area contributed by atoms with Crippen molar-refractivity contribution in [2.75, 3.05) is 52.9 Å². The number of rotatable bonds is 8. The maximum absolute atomic E-state index is 5.81. The first-order valence-corrected chi connectivity index (χ1v) is 10.9. The molecule has 0 spiro atoms. The minimum atomic E-state index is 0.442. The summed E-state index contributed by atoms with van der Waals surface area (Å²) in [6.45, 7) is 6.12. The van der Waals surface area contributed by atoms with E-state index in [2.05, 4.69) is 35.2 Å². The predicted molar refractivity (Wildman–Crippen MR) is 123 cm³/mol. The van der Waals surface area contributed by atoms with Crippen LogP contribution >= 0.6 is 0 Å². The Labute approximate surface area is 188 Å². The van der Waals surface area contributed by atoms with Crippen molar-refractivity contribution < 1.29 is 9.26 Å². The molecule has 1 N–H and O–H groups in total. The van der Waals surface area contributed by atoms with Crippen molar-refractivity contribution in [2.24, 2.45) is 4.99 Å². The summed E-state index contributed by atoms with van der Waals surface area (Å²) >= 11 is 0. The first-order chi connectivity index (χ1) is 15.8. The number of benzene rings is 1. The van der Waals surface area contributed by atoms with Crippen molar-refractivity contribution in [3.63, 3.8) is 0 Å². The number of hydrogen-bond acceptors (Lipinski definition) is 7. The number of ether oxygens (including phenoxy) is 1. The molecule has 0 amide bonds. The smallest absolute Gasteiger partial charge is 0.276 e. The van der Waals surface area contributed by atoms with Crippen LogP contribution in [0.2, 0.25) is 0 Å². The maximum Gasteiger partial charge on any atom is 0.276 e. The maximum atomic E-state index is 5.81. The van der Waals surface area contributed by atoms with Crippen LogP contribution < -0.4 is 10.1 Å². The number of pyridine rings is 1. The van der Waals surface area contributed by atoms with E-state index in [9.17, 15) is 0 Å². The second-order valence-electron chi connectivity index (χ2n) is 7.44. The Bertz CT molecular complexity index is 970. The zero-order valence-electron chi connectivity index (χ0n) is 18.4. The standard InChI is InChI=1S/C23H29N7O2/c1-24-23(26-12-10-21-27-22(32-28-21)20-9-5-6-11-25-20)30-15-13-29(14-16-30)17-18-31-19-7-3-2-4-8-19/h2-9,11H,10,12-18H2,1H3,(H,24,26). The molecule has 0 unspecified atom stereocenters. The fourth-order valence-electron chi connectivity index (χ4n) is 3.56. The normalized spacial score (nSPS) is 15.0. The molecule has 1 fully saturated rings. The summed E-state index contributed by atoms with van der Waals surface area (Å²) in [5.74, 6) is 2.91. The van der Waals surface area contributed by atoms with Crippen LogP contribution in [0.1, 0.15) is 5.82 Å². The zero-order chi connectivity index (χ0) is 22.0. The molecule has 1 saturated heterocycles. The van der Waals surface area contributed by atoms with E-state index in [0.717, 1.165) is 44.4 Å². The number of nitrogens with one attached hydrogen (secondary N) is 1. The van der Waals surface area contributed by atoms with Crippen molar-refractivity contribution in [3.8, 4) is 17.3 Å². The molecule has 1 aliphatic heterocycles. The molecule has 4 rings (SSSR count).